The van der Waals surface area contributed by atoms with E-state index >= 15 is 0 Å². The summed E-state index contributed by atoms with van der Waals surface area (Å²) in [5.41, 5.74) is 0.0397. The van der Waals surface area contributed by atoms with Crippen molar-refractivity contribution in [2.24, 2.45) is 0 Å². The fourth-order valence-corrected chi connectivity index (χ4v) is 2.56. The van der Waals surface area contributed by atoms with E-state index in [1.807, 2.05) is 0 Å². The molecule has 0 saturated carbocycles. The number of anilines is 1. The molecular formula is C18H21ClN4O4. The molecule has 0 aliphatic heterocycles. The Bertz CT molecular complexity index is 878. The lowest BCUT2D eigenvalue weighted by atomic mass is 10.1. The second-order valence-electron chi connectivity index (χ2n) is 6.64. The van der Waals surface area contributed by atoms with Crippen LogP contribution in [0.15, 0.2) is 36.4 Å². The number of nitrogens with one attached hydrogen (secondary N) is 2. The number of carbonyl (C=O) groups excluding carboxylic acids is 1. The summed E-state index contributed by atoms with van der Waals surface area (Å²) in [7, 11) is 0. The summed E-state index contributed by atoms with van der Waals surface area (Å²) >= 11 is 5.98. The SMILES string of the molecule is CC(C)(C)OC(=O)NC/C=C/CNc1c([N+](=O)[O-])c(Cl)nc2ccccc12. The number of fused-ring (bicyclic) bond motifs is 1. The molecule has 2 aromatic rings. The fourth-order valence-electron chi connectivity index (χ4n) is 2.30. The summed E-state index contributed by atoms with van der Waals surface area (Å²) < 4.78 is 5.12. The number of para-hydroxylation sites is 1. The van der Waals surface area contributed by atoms with E-state index in [0.29, 0.717) is 23.1 Å². The molecule has 0 spiro atoms. The van der Waals surface area contributed by atoms with Crippen molar-refractivity contribution in [2.45, 2.75) is 26.4 Å². The maximum atomic E-state index is 11.5. The van der Waals surface area contributed by atoms with Gasteiger partial charge in [-0.25, -0.2) is 9.78 Å². The van der Waals surface area contributed by atoms with Crippen molar-refractivity contribution in [3.63, 3.8) is 0 Å². The largest absolute Gasteiger partial charge is 0.444 e. The predicted molar refractivity (Wildman–Crippen MR) is 105 cm³/mol. The van der Waals surface area contributed by atoms with E-state index in [2.05, 4.69) is 15.6 Å². The second kappa shape index (κ2) is 8.68. The van der Waals surface area contributed by atoms with Crippen LogP contribution in [0.2, 0.25) is 5.15 Å². The van der Waals surface area contributed by atoms with Gasteiger partial charge in [-0.2, -0.15) is 0 Å². The van der Waals surface area contributed by atoms with Crippen LogP contribution in [0.3, 0.4) is 0 Å². The van der Waals surface area contributed by atoms with Gasteiger partial charge in [0.05, 0.1) is 10.4 Å². The van der Waals surface area contributed by atoms with Gasteiger partial charge in [0.2, 0.25) is 5.15 Å². The highest BCUT2D eigenvalue weighted by molar-refractivity contribution is 6.33. The average molecular weight is 393 g/mol. The molecular weight excluding hydrogens is 372 g/mol. The smallest absolute Gasteiger partial charge is 0.407 e. The number of halogens is 1. The molecule has 1 amide bonds. The lowest BCUT2D eigenvalue weighted by Gasteiger charge is -2.19. The van der Waals surface area contributed by atoms with Gasteiger partial charge in [-0.05, 0) is 26.8 Å². The molecule has 1 aromatic carbocycles. The topological polar surface area (TPSA) is 106 Å². The monoisotopic (exact) mass is 392 g/mol. The number of nitro groups is 1. The molecule has 27 heavy (non-hydrogen) atoms. The molecule has 1 heterocycles. The standard InChI is InChI=1S/C18H21ClN4O4/c1-18(2,3)27-17(24)21-11-7-6-10-20-14-12-8-4-5-9-13(12)22-16(19)15(14)23(25)26/h4-9H,10-11H2,1-3H3,(H,20,22)(H,21,24)/b7-6+. The van der Waals surface area contributed by atoms with Crippen molar-refractivity contribution < 1.29 is 14.5 Å². The number of carbonyl (C=O) groups is 1. The van der Waals surface area contributed by atoms with Crippen LogP contribution in [0.5, 0.6) is 0 Å². The highest BCUT2D eigenvalue weighted by Crippen LogP contribution is 2.37. The third-order valence-electron chi connectivity index (χ3n) is 3.33. The first-order valence-corrected chi connectivity index (χ1v) is 8.65. The summed E-state index contributed by atoms with van der Waals surface area (Å²) in [4.78, 5) is 26.4. The molecule has 2 rings (SSSR count). The molecule has 0 saturated heterocycles. The Morgan fingerprint density at radius 2 is 1.96 bits per heavy atom. The first kappa shape index (κ1) is 20.4. The summed E-state index contributed by atoms with van der Waals surface area (Å²) in [6.45, 7) is 5.92. The quantitative estimate of drug-likeness (QED) is 0.328. The zero-order valence-electron chi connectivity index (χ0n) is 15.3. The highest BCUT2D eigenvalue weighted by Gasteiger charge is 2.23. The van der Waals surface area contributed by atoms with E-state index in [0.717, 1.165) is 0 Å². The first-order chi connectivity index (χ1) is 12.7. The van der Waals surface area contributed by atoms with E-state index in [4.69, 9.17) is 16.3 Å². The average Bonchev–Trinajstić information content (AvgIpc) is 2.55. The first-order valence-electron chi connectivity index (χ1n) is 8.27. The second-order valence-corrected chi connectivity index (χ2v) is 6.99. The van der Waals surface area contributed by atoms with Crippen LogP contribution in [-0.2, 0) is 4.74 Å². The number of benzene rings is 1. The van der Waals surface area contributed by atoms with Crippen molar-refractivity contribution in [1.82, 2.24) is 10.3 Å². The maximum absolute atomic E-state index is 11.5. The minimum Gasteiger partial charge on any atom is -0.444 e. The molecule has 2 N–H and O–H groups in total. The normalized spacial score (nSPS) is 11.6. The van der Waals surface area contributed by atoms with Crippen LogP contribution in [0.4, 0.5) is 16.2 Å². The molecule has 0 radical (unpaired) electrons. The lowest BCUT2D eigenvalue weighted by molar-refractivity contribution is -0.384. The Hall–Kier alpha value is -2.87. The van der Waals surface area contributed by atoms with Gasteiger partial charge in [0, 0.05) is 18.5 Å². The third-order valence-corrected chi connectivity index (χ3v) is 3.60. The highest BCUT2D eigenvalue weighted by atomic mass is 35.5. The number of ether oxygens (including phenoxy) is 1. The number of rotatable bonds is 6. The summed E-state index contributed by atoms with van der Waals surface area (Å²) in [6, 6.07) is 7.02. The summed E-state index contributed by atoms with van der Waals surface area (Å²) in [5.74, 6) is 0. The minimum absolute atomic E-state index is 0.170. The number of hydrogen-bond acceptors (Lipinski definition) is 6. The Morgan fingerprint density at radius 3 is 2.63 bits per heavy atom. The zero-order valence-corrected chi connectivity index (χ0v) is 16.0. The number of nitrogens with zero attached hydrogens (tertiary/aromatic N) is 2. The number of alkyl carbamates (subject to hydrolysis) is 1. The zero-order chi connectivity index (χ0) is 20.0. The van der Waals surface area contributed by atoms with E-state index in [1.54, 1.807) is 57.2 Å². The number of amides is 1. The van der Waals surface area contributed by atoms with Crippen LogP contribution in [0, 0.1) is 10.1 Å². The van der Waals surface area contributed by atoms with Gasteiger partial charge in [-0.1, -0.05) is 42.0 Å². The predicted octanol–water partition coefficient (Wildman–Crippen LogP) is 4.29. The Morgan fingerprint density at radius 1 is 1.30 bits per heavy atom. The summed E-state index contributed by atoms with van der Waals surface area (Å²) in [6.07, 6.45) is 2.94. The number of pyridine rings is 1. The van der Waals surface area contributed by atoms with Crippen molar-refractivity contribution in [1.29, 1.82) is 0 Å². The molecule has 0 atom stereocenters. The van der Waals surface area contributed by atoms with Gasteiger partial charge in [0.25, 0.3) is 0 Å². The van der Waals surface area contributed by atoms with Gasteiger partial charge >= 0.3 is 11.8 Å². The van der Waals surface area contributed by atoms with Gasteiger partial charge in [-0.3, -0.25) is 10.1 Å². The van der Waals surface area contributed by atoms with E-state index in [-0.39, 0.29) is 17.4 Å². The molecule has 8 nitrogen and oxygen atoms in total. The molecule has 144 valence electrons. The third kappa shape index (κ3) is 5.82. The van der Waals surface area contributed by atoms with Crippen LogP contribution in [0.1, 0.15) is 20.8 Å². The van der Waals surface area contributed by atoms with Crippen LogP contribution < -0.4 is 10.6 Å². The van der Waals surface area contributed by atoms with Gasteiger partial charge < -0.3 is 15.4 Å². The molecule has 0 fully saturated rings. The maximum Gasteiger partial charge on any atom is 0.407 e. The number of aromatic nitrogens is 1. The van der Waals surface area contributed by atoms with Crippen molar-refractivity contribution in [2.75, 3.05) is 18.4 Å². The number of hydrogen-bond donors (Lipinski definition) is 2. The van der Waals surface area contributed by atoms with E-state index in [9.17, 15) is 14.9 Å². The van der Waals surface area contributed by atoms with Crippen molar-refractivity contribution in [3.8, 4) is 0 Å². The summed E-state index contributed by atoms with van der Waals surface area (Å²) in [5, 5.41) is 17.4. The fraction of sp³-hybridized carbons (Fsp3) is 0.333. The molecule has 0 bridgehead atoms. The Balaban J connectivity index is 2.03. The van der Waals surface area contributed by atoms with Crippen molar-refractivity contribution >= 4 is 40.0 Å². The van der Waals surface area contributed by atoms with Gasteiger partial charge in [0.15, 0.2) is 0 Å². The van der Waals surface area contributed by atoms with Gasteiger partial charge in [0.1, 0.15) is 11.3 Å². The molecule has 9 heteroatoms. The lowest BCUT2D eigenvalue weighted by Crippen LogP contribution is -2.32. The van der Waals surface area contributed by atoms with Crippen LogP contribution in [-0.4, -0.2) is 34.7 Å². The van der Waals surface area contributed by atoms with Crippen LogP contribution in [0.25, 0.3) is 10.9 Å². The van der Waals surface area contributed by atoms with Crippen molar-refractivity contribution in [3.05, 3.63) is 51.7 Å². The molecule has 1 aromatic heterocycles. The molecule has 0 aliphatic carbocycles. The molecule has 0 aliphatic rings. The minimum atomic E-state index is -0.560. The Labute approximate surface area is 161 Å². The Kier molecular flexibility index (Phi) is 6.57. The van der Waals surface area contributed by atoms with Gasteiger partial charge in [-0.15, -0.1) is 0 Å². The van der Waals surface area contributed by atoms with E-state index in [1.165, 1.54) is 0 Å². The molecule has 0 unspecified atom stereocenters. The van der Waals surface area contributed by atoms with E-state index < -0.39 is 16.6 Å². The van der Waals surface area contributed by atoms with Crippen LogP contribution >= 0.6 is 11.6 Å².